The van der Waals surface area contributed by atoms with E-state index in [1.165, 1.54) is 44.1 Å². The summed E-state index contributed by atoms with van der Waals surface area (Å²) < 4.78 is 5.44. The van der Waals surface area contributed by atoms with Crippen molar-refractivity contribution < 1.29 is 14.9 Å². The van der Waals surface area contributed by atoms with Gasteiger partial charge in [0.1, 0.15) is 11.9 Å². The second kappa shape index (κ2) is 10.7. The molecule has 3 heteroatoms. The van der Waals surface area contributed by atoms with E-state index in [2.05, 4.69) is 19.1 Å². The minimum absolute atomic E-state index is 0.171. The monoisotopic (exact) mass is 280 g/mol. The van der Waals surface area contributed by atoms with Gasteiger partial charge in [-0.1, -0.05) is 51.2 Å². The van der Waals surface area contributed by atoms with E-state index in [4.69, 9.17) is 14.9 Å². The molecule has 2 N–H and O–H groups in total. The summed E-state index contributed by atoms with van der Waals surface area (Å²) in [4.78, 5) is 0. The average molecular weight is 280 g/mol. The molecule has 0 saturated carbocycles. The Morgan fingerprint density at radius 2 is 1.50 bits per heavy atom. The van der Waals surface area contributed by atoms with Gasteiger partial charge in [-0.3, -0.25) is 0 Å². The number of hydrogen-bond acceptors (Lipinski definition) is 3. The number of hydrogen-bond donors (Lipinski definition) is 2. The van der Waals surface area contributed by atoms with Crippen molar-refractivity contribution in [2.75, 3.05) is 13.2 Å². The van der Waals surface area contributed by atoms with Crippen LogP contribution in [0.5, 0.6) is 5.75 Å². The first-order valence-corrected chi connectivity index (χ1v) is 7.77. The van der Waals surface area contributed by atoms with E-state index >= 15 is 0 Å². The lowest BCUT2D eigenvalue weighted by Crippen LogP contribution is -2.25. The van der Waals surface area contributed by atoms with Gasteiger partial charge in [0, 0.05) is 0 Å². The van der Waals surface area contributed by atoms with Gasteiger partial charge in [-0.05, 0) is 30.5 Å². The molecule has 1 aromatic carbocycles. The molecule has 1 aromatic rings. The Labute approximate surface area is 122 Å². The molecule has 0 amide bonds. The zero-order valence-electron chi connectivity index (χ0n) is 12.6. The highest BCUT2D eigenvalue weighted by Crippen LogP contribution is 2.16. The number of aryl methyl sites for hydroxylation is 1. The molecule has 0 bridgehead atoms. The normalized spacial score (nSPS) is 11.0. The molecule has 114 valence electrons. The van der Waals surface area contributed by atoms with Crippen LogP contribution in [0.4, 0.5) is 0 Å². The number of rotatable bonds is 11. The van der Waals surface area contributed by atoms with Crippen LogP contribution in [0.2, 0.25) is 0 Å². The molecule has 0 aliphatic heterocycles. The smallest absolute Gasteiger partial charge is 0.145 e. The molecule has 0 aromatic heterocycles. The third-order valence-electron chi connectivity index (χ3n) is 3.45. The molecule has 0 heterocycles. The molecule has 3 nitrogen and oxygen atoms in total. The molecule has 0 atom stereocenters. The first kappa shape index (κ1) is 17.0. The highest BCUT2D eigenvalue weighted by Gasteiger charge is 2.06. The van der Waals surface area contributed by atoms with Crippen LogP contribution in [0.15, 0.2) is 24.3 Å². The van der Waals surface area contributed by atoms with Crippen LogP contribution in [0.3, 0.4) is 0 Å². The fraction of sp³-hybridized carbons (Fsp3) is 0.647. The van der Waals surface area contributed by atoms with Crippen LogP contribution in [-0.2, 0) is 6.42 Å². The fourth-order valence-corrected chi connectivity index (χ4v) is 2.17. The average Bonchev–Trinajstić information content (AvgIpc) is 2.49. The largest absolute Gasteiger partial charge is 0.486 e. The van der Waals surface area contributed by atoms with Crippen molar-refractivity contribution in [2.45, 2.75) is 58.0 Å². The molecule has 0 fully saturated rings. The first-order valence-electron chi connectivity index (χ1n) is 7.77. The van der Waals surface area contributed by atoms with E-state index in [-0.39, 0.29) is 13.2 Å². The Hall–Kier alpha value is -1.06. The molecular formula is C17H28O3. The fourth-order valence-electron chi connectivity index (χ4n) is 2.17. The molecule has 0 aliphatic rings. The highest BCUT2D eigenvalue weighted by molar-refractivity contribution is 5.27. The van der Waals surface area contributed by atoms with Crippen LogP contribution in [-0.4, -0.2) is 29.5 Å². The Morgan fingerprint density at radius 3 is 2.10 bits per heavy atom. The Balaban J connectivity index is 2.24. The van der Waals surface area contributed by atoms with Crippen LogP contribution >= 0.6 is 0 Å². The molecule has 0 aliphatic carbocycles. The Kier molecular flexibility index (Phi) is 9.09. The maximum atomic E-state index is 8.96. The second-order valence-corrected chi connectivity index (χ2v) is 5.27. The van der Waals surface area contributed by atoms with Gasteiger partial charge in [-0.2, -0.15) is 0 Å². The highest BCUT2D eigenvalue weighted by atomic mass is 16.5. The lowest BCUT2D eigenvalue weighted by molar-refractivity contribution is 0.0629. The maximum Gasteiger partial charge on any atom is 0.145 e. The summed E-state index contributed by atoms with van der Waals surface area (Å²) >= 11 is 0. The summed E-state index contributed by atoms with van der Waals surface area (Å²) in [5.74, 6) is 0.699. The zero-order chi connectivity index (χ0) is 14.6. The summed E-state index contributed by atoms with van der Waals surface area (Å²) in [6, 6.07) is 7.94. The van der Waals surface area contributed by atoms with Gasteiger partial charge in [0.25, 0.3) is 0 Å². The quantitative estimate of drug-likeness (QED) is 0.611. The van der Waals surface area contributed by atoms with E-state index in [1.54, 1.807) is 0 Å². The zero-order valence-corrected chi connectivity index (χ0v) is 12.6. The summed E-state index contributed by atoms with van der Waals surface area (Å²) in [5.41, 5.74) is 1.32. The Morgan fingerprint density at radius 1 is 0.900 bits per heavy atom. The van der Waals surface area contributed by atoms with Gasteiger partial charge in [-0.25, -0.2) is 0 Å². The standard InChI is InChI=1S/C17H28O3/c1-2-3-4-5-6-7-8-15-9-11-16(12-10-15)20-17(13-18)14-19/h9-12,17-19H,2-8,13-14H2,1H3. The lowest BCUT2D eigenvalue weighted by atomic mass is 10.0. The Bertz CT molecular complexity index is 331. The van der Waals surface area contributed by atoms with Crippen molar-refractivity contribution in [3.05, 3.63) is 29.8 Å². The molecule has 1 rings (SSSR count). The van der Waals surface area contributed by atoms with Crippen LogP contribution in [0, 0.1) is 0 Å². The van der Waals surface area contributed by atoms with E-state index in [9.17, 15) is 0 Å². The summed E-state index contributed by atoms with van der Waals surface area (Å²) in [7, 11) is 0. The van der Waals surface area contributed by atoms with E-state index in [1.807, 2.05) is 12.1 Å². The van der Waals surface area contributed by atoms with E-state index < -0.39 is 6.10 Å². The van der Waals surface area contributed by atoms with E-state index in [0.29, 0.717) is 5.75 Å². The van der Waals surface area contributed by atoms with Crippen molar-refractivity contribution in [2.24, 2.45) is 0 Å². The van der Waals surface area contributed by atoms with Gasteiger partial charge in [0.15, 0.2) is 0 Å². The molecule has 0 radical (unpaired) electrons. The maximum absolute atomic E-state index is 8.96. The molecule has 0 spiro atoms. The number of ether oxygens (including phenoxy) is 1. The third-order valence-corrected chi connectivity index (χ3v) is 3.45. The van der Waals surface area contributed by atoms with Crippen molar-refractivity contribution in [1.82, 2.24) is 0 Å². The SMILES string of the molecule is CCCCCCCCc1ccc(OC(CO)CO)cc1. The third kappa shape index (κ3) is 6.92. The predicted molar refractivity (Wildman–Crippen MR) is 82.1 cm³/mol. The van der Waals surface area contributed by atoms with Crippen molar-refractivity contribution >= 4 is 0 Å². The van der Waals surface area contributed by atoms with Crippen LogP contribution < -0.4 is 4.74 Å². The second-order valence-electron chi connectivity index (χ2n) is 5.27. The van der Waals surface area contributed by atoms with Crippen molar-refractivity contribution in [3.63, 3.8) is 0 Å². The van der Waals surface area contributed by atoms with Gasteiger partial charge in [-0.15, -0.1) is 0 Å². The summed E-state index contributed by atoms with van der Waals surface area (Å²) in [5, 5.41) is 17.9. The van der Waals surface area contributed by atoms with Gasteiger partial charge < -0.3 is 14.9 Å². The van der Waals surface area contributed by atoms with Crippen molar-refractivity contribution in [1.29, 1.82) is 0 Å². The van der Waals surface area contributed by atoms with E-state index in [0.717, 1.165) is 6.42 Å². The summed E-state index contributed by atoms with van der Waals surface area (Å²) in [6.45, 7) is 1.90. The molecular weight excluding hydrogens is 252 g/mol. The number of unbranched alkanes of at least 4 members (excludes halogenated alkanes) is 5. The van der Waals surface area contributed by atoms with Gasteiger partial charge in [0.05, 0.1) is 13.2 Å². The van der Waals surface area contributed by atoms with Crippen LogP contribution in [0.1, 0.15) is 51.0 Å². The minimum Gasteiger partial charge on any atom is -0.486 e. The number of benzene rings is 1. The lowest BCUT2D eigenvalue weighted by Gasteiger charge is -2.14. The minimum atomic E-state index is -0.528. The number of aliphatic hydroxyl groups is 2. The molecule has 0 saturated heterocycles. The molecule has 20 heavy (non-hydrogen) atoms. The van der Waals surface area contributed by atoms with Gasteiger partial charge in [0.2, 0.25) is 0 Å². The van der Waals surface area contributed by atoms with Crippen molar-refractivity contribution in [3.8, 4) is 5.75 Å². The predicted octanol–water partition coefficient (Wildman–Crippen LogP) is 3.32. The van der Waals surface area contributed by atoms with Crippen LogP contribution in [0.25, 0.3) is 0 Å². The molecule has 0 unspecified atom stereocenters. The first-order chi connectivity index (χ1) is 9.80. The summed E-state index contributed by atoms with van der Waals surface area (Å²) in [6.07, 6.45) is 8.45. The number of aliphatic hydroxyl groups excluding tert-OH is 2. The topological polar surface area (TPSA) is 49.7 Å². The van der Waals surface area contributed by atoms with Gasteiger partial charge >= 0.3 is 0 Å².